The second-order valence-electron chi connectivity index (χ2n) is 5.14. The van der Waals surface area contributed by atoms with Gasteiger partial charge in [0.1, 0.15) is 11.9 Å². The molecule has 7 heteroatoms. The van der Waals surface area contributed by atoms with Gasteiger partial charge in [0.25, 0.3) is 0 Å². The van der Waals surface area contributed by atoms with Crippen LogP contribution in [0.2, 0.25) is 5.02 Å². The van der Waals surface area contributed by atoms with Gasteiger partial charge in [-0.15, -0.1) is 11.8 Å². The minimum absolute atomic E-state index is 0.113. The summed E-state index contributed by atoms with van der Waals surface area (Å²) in [5.41, 5.74) is 0.785. The van der Waals surface area contributed by atoms with E-state index in [9.17, 15) is 14.0 Å². The Morgan fingerprint density at radius 2 is 2.27 bits per heavy atom. The molecule has 2 amide bonds. The number of rotatable bonds is 5. The van der Waals surface area contributed by atoms with Crippen LogP contribution in [0.1, 0.15) is 24.8 Å². The third kappa shape index (κ3) is 5.18. The fraction of sp³-hybridized carbons (Fsp3) is 0.467. The molecule has 1 aromatic carbocycles. The van der Waals surface area contributed by atoms with E-state index in [-0.39, 0.29) is 23.4 Å². The Morgan fingerprint density at radius 3 is 3.05 bits per heavy atom. The van der Waals surface area contributed by atoms with Crippen LogP contribution in [-0.2, 0) is 15.3 Å². The van der Waals surface area contributed by atoms with Crippen LogP contribution in [0.15, 0.2) is 18.2 Å². The number of halogens is 2. The molecule has 0 radical (unpaired) electrons. The maximum atomic E-state index is 12.9. The normalized spacial score (nSPS) is 18.5. The molecule has 1 aromatic rings. The topological polar surface area (TPSA) is 58.2 Å². The monoisotopic (exact) mass is 344 g/mol. The van der Waals surface area contributed by atoms with Gasteiger partial charge in [-0.05, 0) is 37.0 Å². The molecule has 0 saturated carbocycles. The Bertz CT molecular complexity index is 556. The molecule has 120 valence electrons. The van der Waals surface area contributed by atoms with Crippen LogP contribution < -0.4 is 10.6 Å². The maximum absolute atomic E-state index is 12.9. The van der Waals surface area contributed by atoms with Crippen molar-refractivity contribution in [3.8, 4) is 0 Å². The first-order chi connectivity index (χ1) is 10.6. The Kier molecular flexibility index (Phi) is 6.51. The number of hydrogen-bond donors (Lipinski definition) is 2. The Balaban J connectivity index is 1.76. The third-order valence-electron chi connectivity index (χ3n) is 3.38. The van der Waals surface area contributed by atoms with Gasteiger partial charge in [-0.2, -0.15) is 0 Å². The van der Waals surface area contributed by atoms with Crippen LogP contribution in [0, 0.1) is 5.82 Å². The number of thioether (sulfide) groups is 1. The van der Waals surface area contributed by atoms with Gasteiger partial charge in [-0.25, -0.2) is 4.39 Å². The summed E-state index contributed by atoms with van der Waals surface area (Å²) in [5.74, 6) is 0.0829. The minimum atomic E-state index is -0.440. The molecule has 2 rings (SSSR count). The van der Waals surface area contributed by atoms with Crippen molar-refractivity contribution in [3.63, 3.8) is 0 Å². The molecule has 2 N–H and O–H groups in total. The predicted molar refractivity (Wildman–Crippen MR) is 86.4 cm³/mol. The highest BCUT2D eigenvalue weighted by Gasteiger charge is 2.22. The number of hydrogen-bond acceptors (Lipinski definition) is 3. The summed E-state index contributed by atoms with van der Waals surface area (Å²) in [6, 6.07) is 3.77. The highest BCUT2D eigenvalue weighted by atomic mass is 35.5. The fourth-order valence-corrected chi connectivity index (χ4v) is 3.36. The molecule has 1 atom stereocenters. The second-order valence-corrected chi connectivity index (χ2v) is 6.53. The predicted octanol–water partition coefficient (Wildman–Crippen LogP) is 2.50. The minimum Gasteiger partial charge on any atom is -0.354 e. The molecule has 0 spiro atoms. The van der Waals surface area contributed by atoms with Gasteiger partial charge in [0, 0.05) is 17.3 Å². The van der Waals surface area contributed by atoms with Crippen LogP contribution in [0.5, 0.6) is 0 Å². The lowest BCUT2D eigenvalue weighted by molar-refractivity contribution is -0.127. The summed E-state index contributed by atoms with van der Waals surface area (Å²) in [6.45, 7) is 0.670. The van der Waals surface area contributed by atoms with E-state index in [1.165, 1.54) is 23.9 Å². The van der Waals surface area contributed by atoms with Gasteiger partial charge in [-0.1, -0.05) is 17.7 Å². The van der Waals surface area contributed by atoms with Crippen LogP contribution in [-0.4, -0.2) is 30.2 Å². The molecule has 0 bridgehead atoms. The molecule has 4 nitrogen and oxygen atoms in total. The van der Waals surface area contributed by atoms with Crippen molar-refractivity contribution < 1.29 is 14.0 Å². The number of carbonyl (C=O) groups is 2. The van der Waals surface area contributed by atoms with Gasteiger partial charge >= 0.3 is 0 Å². The van der Waals surface area contributed by atoms with Crippen molar-refractivity contribution in [2.45, 2.75) is 31.1 Å². The molecule has 22 heavy (non-hydrogen) atoms. The van der Waals surface area contributed by atoms with E-state index in [0.717, 1.165) is 18.4 Å². The van der Waals surface area contributed by atoms with Gasteiger partial charge in [0.15, 0.2) is 0 Å². The van der Waals surface area contributed by atoms with Crippen molar-refractivity contribution in [3.05, 3.63) is 34.6 Å². The van der Waals surface area contributed by atoms with E-state index >= 15 is 0 Å². The lowest BCUT2D eigenvalue weighted by Crippen LogP contribution is -2.46. The van der Waals surface area contributed by atoms with E-state index < -0.39 is 6.04 Å². The smallest absolute Gasteiger partial charge is 0.242 e. The number of benzene rings is 1. The molecular formula is C15H18ClFN2O2S. The van der Waals surface area contributed by atoms with Crippen molar-refractivity contribution in [1.29, 1.82) is 0 Å². The maximum Gasteiger partial charge on any atom is 0.242 e. The van der Waals surface area contributed by atoms with E-state index in [1.54, 1.807) is 6.07 Å². The molecule has 1 aliphatic heterocycles. The number of carbonyl (C=O) groups excluding carboxylic acids is 2. The zero-order valence-corrected chi connectivity index (χ0v) is 13.6. The van der Waals surface area contributed by atoms with E-state index in [4.69, 9.17) is 11.6 Å². The van der Waals surface area contributed by atoms with Gasteiger partial charge < -0.3 is 10.6 Å². The van der Waals surface area contributed by atoms with Gasteiger partial charge in [0.2, 0.25) is 11.8 Å². The summed E-state index contributed by atoms with van der Waals surface area (Å²) < 4.78 is 12.9. The molecule has 1 saturated heterocycles. The molecule has 0 aromatic heterocycles. The SMILES string of the molecule is O=C(CSCc1ccc(F)cc1Cl)NC1CCCCNC1=O. The highest BCUT2D eigenvalue weighted by Crippen LogP contribution is 2.22. The fourth-order valence-electron chi connectivity index (χ4n) is 2.21. The molecule has 0 aliphatic carbocycles. The lowest BCUT2D eigenvalue weighted by atomic mass is 10.1. The average molecular weight is 345 g/mol. The zero-order valence-electron chi connectivity index (χ0n) is 12.0. The first-order valence-corrected chi connectivity index (χ1v) is 8.68. The van der Waals surface area contributed by atoms with Gasteiger partial charge in [0.05, 0.1) is 5.75 Å². The van der Waals surface area contributed by atoms with E-state index in [1.807, 2.05) is 0 Å². The average Bonchev–Trinajstić information content (AvgIpc) is 2.66. The summed E-state index contributed by atoms with van der Waals surface area (Å²) in [4.78, 5) is 23.6. The zero-order chi connectivity index (χ0) is 15.9. The molecule has 1 unspecified atom stereocenters. The van der Waals surface area contributed by atoms with Crippen LogP contribution in [0.3, 0.4) is 0 Å². The first-order valence-electron chi connectivity index (χ1n) is 7.15. The Morgan fingerprint density at radius 1 is 1.45 bits per heavy atom. The van der Waals surface area contributed by atoms with Crippen molar-refractivity contribution >= 4 is 35.2 Å². The van der Waals surface area contributed by atoms with Crippen molar-refractivity contribution in [2.75, 3.05) is 12.3 Å². The summed E-state index contributed by atoms with van der Waals surface area (Å²) in [5, 5.41) is 5.89. The summed E-state index contributed by atoms with van der Waals surface area (Å²) >= 11 is 7.31. The lowest BCUT2D eigenvalue weighted by Gasteiger charge is -2.15. The molecule has 1 heterocycles. The van der Waals surface area contributed by atoms with E-state index in [0.29, 0.717) is 23.7 Å². The summed E-state index contributed by atoms with van der Waals surface area (Å²) in [6.07, 6.45) is 2.53. The summed E-state index contributed by atoms with van der Waals surface area (Å²) in [7, 11) is 0. The van der Waals surface area contributed by atoms with Crippen molar-refractivity contribution in [1.82, 2.24) is 10.6 Å². The first kappa shape index (κ1) is 17.1. The van der Waals surface area contributed by atoms with Gasteiger partial charge in [-0.3, -0.25) is 9.59 Å². The highest BCUT2D eigenvalue weighted by molar-refractivity contribution is 7.99. The van der Waals surface area contributed by atoms with E-state index in [2.05, 4.69) is 10.6 Å². The Labute approximate surface area is 138 Å². The number of nitrogens with one attached hydrogen (secondary N) is 2. The van der Waals surface area contributed by atoms with Crippen LogP contribution in [0.25, 0.3) is 0 Å². The second kappa shape index (κ2) is 8.39. The number of amides is 2. The molecular weight excluding hydrogens is 327 g/mol. The van der Waals surface area contributed by atoms with Crippen LogP contribution >= 0.6 is 23.4 Å². The third-order valence-corrected chi connectivity index (χ3v) is 4.71. The van der Waals surface area contributed by atoms with Crippen molar-refractivity contribution in [2.24, 2.45) is 0 Å². The van der Waals surface area contributed by atoms with Crippen LogP contribution in [0.4, 0.5) is 4.39 Å². The molecule has 1 fully saturated rings. The quantitative estimate of drug-likeness (QED) is 0.862. The standard InChI is InChI=1S/C15H18ClFN2O2S/c16-12-7-11(17)5-4-10(12)8-22-9-14(20)19-13-3-1-2-6-18-15(13)21/h4-5,7,13H,1-3,6,8-9H2,(H,18,21)(H,19,20). The Hall–Kier alpha value is -1.27. The molecule has 1 aliphatic rings. The largest absolute Gasteiger partial charge is 0.354 e.